The molecule has 0 bridgehead atoms. The van der Waals surface area contributed by atoms with Gasteiger partial charge in [0.2, 0.25) is 0 Å². The van der Waals surface area contributed by atoms with Gasteiger partial charge in [0, 0.05) is 12.5 Å². The molecule has 0 spiro atoms. The van der Waals surface area contributed by atoms with Gasteiger partial charge in [-0.05, 0) is 50.4 Å². The predicted molar refractivity (Wildman–Crippen MR) is 78.2 cm³/mol. The molecule has 1 atom stereocenters. The summed E-state index contributed by atoms with van der Waals surface area (Å²) in [5.74, 6) is 0.246. The molecule has 1 heterocycles. The molecule has 0 amide bonds. The van der Waals surface area contributed by atoms with E-state index in [0.29, 0.717) is 6.04 Å². The van der Waals surface area contributed by atoms with Gasteiger partial charge in [-0.2, -0.15) is 0 Å². The second-order valence-corrected chi connectivity index (χ2v) is 5.35. The molecule has 0 unspecified atom stereocenters. The van der Waals surface area contributed by atoms with Crippen molar-refractivity contribution in [1.29, 1.82) is 0 Å². The van der Waals surface area contributed by atoms with Gasteiger partial charge in [-0.15, -0.1) is 0 Å². The maximum Gasteiger partial charge on any atom is 0.303 e. The summed E-state index contributed by atoms with van der Waals surface area (Å²) >= 11 is 0. The van der Waals surface area contributed by atoms with Crippen LogP contribution in [0.1, 0.15) is 31.2 Å². The van der Waals surface area contributed by atoms with Crippen LogP contribution in [0.2, 0.25) is 0 Å². The fourth-order valence-corrected chi connectivity index (χ4v) is 2.98. The van der Waals surface area contributed by atoms with E-state index in [0.717, 1.165) is 31.7 Å². The molecule has 4 nitrogen and oxygen atoms in total. The smallest absolute Gasteiger partial charge is 0.303 e. The zero-order chi connectivity index (χ0) is 14.4. The van der Waals surface area contributed by atoms with Crippen LogP contribution in [0.15, 0.2) is 24.3 Å². The summed E-state index contributed by atoms with van der Waals surface area (Å²) in [5.41, 5.74) is 1.24. The molecule has 1 aliphatic heterocycles. The number of hydrogen-bond acceptors (Lipinski definition) is 3. The van der Waals surface area contributed by atoms with Crippen molar-refractivity contribution in [1.82, 2.24) is 4.90 Å². The summed E-state index contributed by atoms with van der Waals surface area (Å²) in [5, 5.41) is 8.72. The lowest BCUT2D eigenvalue weighted by atomic mass is 10.0. The fourth-order valence-electron chi connectivity index (χ4n) is 2.98. The molecule has 0 saturated carbocycles. The van der Waals surface area contributed by atoms with Crippen LogP contribution in [-0.4, -0.2) is 42.2 Å². The highest BCUT2D eigenvalue weighted by atomic mass is 16.5. The number of aliphatic carboxylic acids is 1. The maximum atomic E-state index is 10.6. The van der Waals surface area contributed by atoms with Gasteiger partial charge in [0.05, 0.1) is 7.11 Å². The van der Waals surface area contributed by atoms with Crippen LogP contribution in [0.5, 0.6) is 5.75 Å². The monoisotopic (exact) mass is 277 g/mol. The molecular weight excluding hydrogens is 254 g/mol. The number of rotatable bonds is 7. The Morgan fingerprint density at radius 2 is 2.25 bits per heavy atom. The first kappa shape index (κ1) is 14.9. The number of carbonyl (C=O) groups is 1. The average Bonchev–Trinajstić information content (AvgIpc) is 2.86. The minimum atomic E-state index is -0.703. The first-order valence-corrected chi connectivity index (χ1v) is 7.28. The number of benzene rings is 1. The lowest BCUT2D eigenvalue weighted by Crippen LogP contribution is -2.32. The highest BCUT2D eigenvalue weighted by Crippen LogP contribution is 2.26. The molecule has 1 N–H and O–H groups in total. The van der Waals surface area contributed by atoms with E-state index in [1.807, 2.05) is 18.2 Å². The average molecular weight is 277 g/mol. The van der Waals surface area contributed by atoms with Crippen molar-refractivity contribution in [2.75, 3.05) is 20.2 Å². The van der Waals surface area contributed by atoms with Crippen LogP contribution in [-0.2, 0) is 11.2 Å². The van der Waals surface area contributed by atoms with E-state index >= 15 is 0 Å². The maximum absolute atomic E-state index is 10.6. The predicted octanol–water partition coefficient (Wildman–Crippen LogP) is 2.57. The van der Waals surface area contributed by atoms with Gasteiger partial charge in [0.25, 0.3) is 0 Å². The van der Waals surface area contributed by atoms with E-state index in [1.54, 1.807) is 7.11 Å². The number of ether oxygens (including phenoxy) is 1. The molecule has 0 aliphatic carbocycles. The van der Waals surface area contributed by atoms with Crippen molar-refractivity contribution in [3.8, 4) is 5.75 Å². The van der Waals surface area contributed by atoms with E-state index in [2.05, 4.69) is 11.0 Å². The van der Waals surface area contributed by atoms with Crippen molar-refractivity contribution in [3.05, 3.63) is 29.8 Å². The topological polar surface area (TPSA) is 49.8 Å². The molecule has 20 heavy (non-hydrogen) atoms. The first-order chi connectivity index (χ1) is 9.70. The standard InChI is InChI=1S/C16H23NO3/c1-20-15-8-3-2-6-13(15)12-14-7-4-10-17(14)11-5-9-16(18)19/h2-3,6,8,14H,4-5,7,9-12H2,1H3,(H,18,19)/t14-/m1/s1. The second-order valence-electron chi connectivity index (χ2n) is 5.35. The van der Waals surface area contributed by atoms with Gasteiger partial charge in [0.1, 0.15) is 5.75 Å². The highest BCUT2D eigenvalue weighted by Gasteiger charge is 2.25. The minimum Gasteiger partial charge on any atom is -0.496 e. The van der Waals surface area contributed by atoms with E-state index in [9.17, 15) is 4.79 Å². The Morgan fingerprint density at radius 3 is 3.00 bits per heavy atom. The van der Waals surface area contributed by atoms with Gasteiger partial charge in [-0.25, -0.2) is 0 Å². The Kier molecular flexibility index (Phi) is 5.41. The Morgan fingerprint density at radius 1 is 1.45 bits per heavy atom. The quantitative estimate of drug-likeness (QED) is 0.832. The van der Waals surface area contributed by atoms with Crippen LogP contribution in [0.4, 0.5) is 0 Å². The lowest BCUT2D eigenvalue weighted by Gasteiger charge is -2.24. The third kappa shape index (κ3) is 3.97. The SMILES string of the molecule is COc1ccccc1C[C@H]1CCCN1CCCC(=O)O. The molecule has 0 radical (unpaired) electrons. The summed E-state index contributed by atoms with van der Waals surface area (Å²) in [6.07, 6.45) is 4.37. The normalized spacial score (nSPS) is 19.1. The van der Waals surface area contributed by atoms with E-state index in [4.69, 9.17) is 9.84 Å². The summed E-state index contributed by atoms with van der Waals surface area (Å²) in [6.45, 7) is 1.96. The molecule has 4 heteroatoms. The lowest BCUT2D eigenvalue weighted by molar-refractivity contribution is -0.137. The third-order valence-electron chi connectivity index (χ3n) is 3.98. The van der Waals surface area contributed by atoms with Crippen molar-refractivity contribution in [3.63, 3.8) is 0 Å². The van der Waals surface area contributed by atoms with E-state index < -0.39 is 5.97 Å². The van der Waals surface area contributed by atoms with Crippen molar-refractivity contribution in [2.45, 2.75) is 38.1 Å². The molecule has 1 aromatic carbocycles. The van der Waals surface area contributed by atoms with Gasteiger partial charge < -0.3 is 14.7 Å². The molecule has 1 aromatic rings. The molecule has 1 saturated heterocycles. The van der Waals surface area contributed by atoms with Gasteiger partial charge in [-0.1, -0.05) is 18.2 Å². The number of hydrogen-bond donors (Lipinski definition) is 1. The number of nitrogens with zero attached hydrogens (tertiary/aromatic N) is 1. The first-order valence-electron chi connectivity index (χ1n) is 7.28. The van der Waals surface area contributed by atoms with Crippen molar-refractivity contribution < 1.29 is 14.6 Å². The van der Waals surface area contributed by atoms with Crippen LogP contribution in [0, 0.1) is 0 Å². The zero-order valence-electron chi connectivity index (χ0n) is 12.0. The third-order valence-corrected chi connectivity index (χ3v) is 3.98. The summed E-state index contributed by atoms with van der Waals surface area (Å²) < 4.78 is 5.41. The molecular formula is C16H23NO3. The Labute approximate surface area is 120 Å². The van der Waals surface area contributed by atoms with Crippen LogP contribution >= 0.6 is 0 Å². The largest absolute Gasteiger partial charge is 0.496 e. The van der Waals surface area contributed by atoms with Crippen molar-refractivity contribution >= 4 is 5.97 Å². The number of para-hydroxylation sites is 1. The highest BCUT2D eigenvalue weighted by molar-refractivity contribution is 5.66. The molecule has 1 fully saturated rings. The van der Waals surface area contributed by atoms with E-state index in [1.165, 1.54) is 18.4 Å². The molecule has 1 aliphatic rings. The Bertz CT molecular complexity index is 447. The van der Waals surface area contributed by atoms with Crippen molar-refractivity contribution in [2.24, 2.45) is 0 Å². The van der Waals surface area contributed by atoms with Gasteiger partial charge in [-0.3, -0.25) is 4.79 Å². The van der Waals surface area contributed by atoms with Crippen LogP contribution < -0.4 is 4.74 Å². The zero-order valence-corrected chi connectivity index (χ0v) is 12.0. The summed E-state index contributed by atoms with van der Waals surface area (Å²) in [6, 6.07) is 8.66. The number of carboxylic acid groups (broad SMARTS) is 1. The van der Waals surface area contributed by atoms with E-state index in [-0.39, 0.29) is 6.42 Å². The number of methoxy groups -OCH3 is 1. The van der Waals surface area contributed by atoms with Crippen LogP contribution in [0.25, 0.3) is 0 Å². The van der Waals surface area contributed by atoms with Crippen LogP contribution in [0.3, 0.4) is 0 Å². The Balaban J connectivity index is 1.92. The molecule has 0 aromatic heterocycles. The molecule has 110 valence electrons. The molecule has 2 rings (SSSR count). The number of carboxylic acids is 1. The Hall–Kier alpha value is -1.55. The van der Waals surface area contributed by atoms with Gasteiger partial charge in [0.15, 0.2) is 0 Å². The van der Waals surface area contributed by atoms with Gasteiger partial charge >= 0.3 is 5.97 Å². The minimum absolute atomic E-state index is 0.262. The summed E-state index contributed by atoms with van der Waals surface area (Å²) in [4.78, 5) is 13.0. The number of likely N-dealkylation sites (tertiary alicyclic amines) is 1. The fraction of sp³-hybridized carbons (Fsp3) is 0.562. The second kappa shape index (κ2) is 7.29. The summed E-state index contributed by atoms with van der Waals surface area (Å²) in [7, 11) is 1.71.